The minimum Gasteiger partial charge on any atom is -0.497 e. The molecule has 118 valence electrons. The number of methoxy groups -OCH3 is 3. The highest BCUT2D eigenvalue weighted by Crippen LogP contribution is 2.28. The number of hydrogen-bond donors (Lipinski definition) is 0. The summed E-state index contributed by atoms with van der Waals surface area (Å²) in [5, 5.41) is 4.40. The average molecular weight is 313 g/mol. The molecule has 0 saturated carbocycles. The van der Waals surface area contributed by atoms with E-state index in [0.717, 1.165) is 5.56 Å². The van der Waals surface area contributed by atoms with E-state index in [4.69, 9.17) is 14.2 Å². The molecule has 2 aromatic heterocycles. The lowest BCUT2D eigenvalue weighted by molar-refractivity contribution is 0.0600. The molecular weight excluding hydrogens is 298 g/mol. The van der Waals surface area contributed by atoms with Gasteiger partial charge in [-0.3, -0.25) is 0 Å². The maximum absolute atomic E-state index is 11.6. The van der Waals surface area contributed by atoms with Crippen molar-refractivity contribution in [1.82, 2.24) is 14.6 Å². The van der Waals surface area contributed by atoms with Gasteiger partial charge in [-0.25, -0.2) is 14.3 Å². The number of carbonyl (C=O) groups excluding carboxylic acids is 1. The van der Waals surface area contributed by atoms with Gasteiger partial charge in [0.15, 0.2) is 11.5 Å². The van der Waals surface area contributed by atoms with Crippen molar-refractivity contribution in [2.24, 2.45) is 0 Å². The first-order valence-electron chi connectivity index (χ1n) is 6.83. The van der Waals surface area contributed by atoms with Crippen LogP contribution in [0.1, 0.15) is 10.4 Å². The molecule has 23 heavy (non-hydrogen) atoms. The van der Waals surface area contributed by atoms with Crippen LogP contribution in [0.4, 0.5) is 0 Å². The number of hydrogen-bond acceptors (Lipinski definition) is 6. The highest BCUT2D eigenvalue weighted by atomic mass is 16.5. The van der Waals surface area contributed by atoms with Crippen molar-refractivity contribution < 1.29 is 19.0 Å². The molecule has 0 unspecified atom stereocenters. The highest BCUT2D eigenvalue weighted by Gasteiger charge is 2.12. The maximum atomic E-state index is 11.6. The van der Waals surface area contributed by atoms with Gasteiger partial charge in [0.1, 0.15) is 11.5 Å². The van der Waals surface area contributed by atoms with E-state index in [1.54, 1.807) is 38.6 Å². The van der Waals surface area contributed by atoms with Crippen molar-refractivity contribution in [2.45, 2.75) is 0 Å². The predicted molar refractivity (Wildman–Crippen MR) is 82.9 cm³/mol. The Labute approximate surface area is 132 Å². The molecule has 2 heterocycles. The van der Waals surface area contributed by atoms with E-state index in [-0.39, 0.29) is 0 Å². The van der Waals surface area contributed by atoms with Gasteiger partial charge in [0.05, 0.1) is 26.9 Å². The van der Waals surface area contributed by atoms with Crippen LogP contribution in [0.2, 0.25) is 0 Å². The standard InChI is InChI=1S/C16H15N3O4/c1-21-12-6-11(7-13(8-12)22-2)15-17-14-5-4-10(16(20)23-3)9-19(14)18-15/h4-9H,1-3H3. The van der Waals surface area contributed by atoms with Gasteiger partial charge in [-0.05, 0) is 24.3 Å². The zero-order valence-electron chi connectivity index (χ0n) is 12.9. The van der Waals surface area contributed by atoms with Crippen LogP contribution in [0.25, 0.3) is 17.0 Å². The molecule has 0 amide bonds. The molecule has 0 radical (unpaired) electrons. The Morgan fingerprint density at radius 3 is 2.35 bits per heavy atom. The summed E-state index contributed by atoms with van der Waals surface area (Å²) < 4.78 is 16.7. The summed E-state index contributed by atoms with van der Waals surface area (Å²) in [6.07, 6.45) is 1.58. The van der Waals surface area contributed by atoms with Gasteiger partial charge in [-0.15, -0.1) is 5.10 Å². The van der Waals surface area contributed by atoms with E-state index >= 15 is 0 Å². The molecule has 0 aliphatic heterocycles. The number of benzene rings is 1. The van der Waals surface area contributed by atoms with Crippen molar-refractivity contribution in [3.8, 4) is 22.9 Å². The molecule has 0 saturated heterocycles. The van der Waals surface area contributed by atoms with Crippen molar-refractivity contribution in [2.75, 3.05) is 21.3 Å². The number of carbonyl (C=O) groups is 1. The van der Waals surface area contributed by atoms with Crippen molar-refractivity contribution in [3.63, 3.8) is 0 Å². The van der Waals surface area contributed by atoms with Crippen LogP contribution in [-0.4, -0.2) is 41.9 Å². The van der Waals surface area contributed by atoms with E-state index in [1.807, 2.05) is 12.1 Å². The van der Waals surface area contributed by atoms with Crippen molar-refractivity contribution in [1.29, 1.82) is 0 Å². The third kappa shape index (κ3) is 2.80. The summed E-state index contributed by atoms with van der Waals surface area (Å²) in [7, 11) is 4.50. The number of rotatable bonds is 4. The summed E-state index contributed by atoms with van der Waals surface area (Å²) in [6, 6.07) is 8.76. The quantitative estimate of drug-likeness (QED) is 0.687. The van der Waals surface area contributed by atoms with Crippen LogP contribution >= 0.6 is 0 Å². The molecule has 0 spiro atoms. The second kappa shape index (κ2) is 5.96. The first kappa shape index (κ1) is 14.8. The van der Waals surface area contributed by atoms with E-state index in [9.17, 15) is 4.79 Å². The smallest absolute Gasteiger partial charge is 0.339 e. The summed E-state index contributed by atoms with van der Waals surface area (Å²) in [5.74, 6) is 1.37. The summed E-state index contributed by atoms with van der Waals surface area (Å²) in [6.45, 7) is 0. The van der Waals surface area contributed by atoms with E-state index in [2.05, 4.69) is 10.1 Å². The summed E-state index contributed by atoms with van der Waals surface area (Å²) in [5.41, 5.74) is 1.78. The number of pyridine rings is 1. The second-order valence-corrected chi connectivity index (χ2v) is 4.75. The fraction of sp³-hybridized carbons (Fsp3) is 0.188. The molecule has 0 atom stereocenters. The van der Waals surface area contributed by atoms with Gasteiger partial charge in [0.25, 0.3) is 0 Å². The van der Waals surface area contributed by atoms with Crippen molar-refractivity contribution >= 4 is 11.6 Å². The molecule has 3 aromatic rings. The molecule has 0 fully saturated rings. The van der Waals surface area contributed by atoms with E-state index < -0.39 is 5.97 Å². The Balaban J connectivity index is 2.08. The average Bonchev–Trinajstić information content (AvgIpc) is 3.03. The fourth-order valence-corrected chi connectivity index (χ4v) is 2.18. The van der Waals surface area contributed by atoms with E-state index in [0.29, 0.717) is 28.5 Å². The zero-order valence-corrected chi connectivity index (χ0v) is 12.9. The first-order chi connectivity index (χ1) is 11.1. The molecule has 7 heteroatoms. The van der Waals surface area contributed by atoms with Crippen molar-refractivity contribution in [3.05, 3.63) is 42.1 Å². The zero-order chi connectivity index (χ0) is 16.4. The van der Waals surface area contributed by atoms with Crippen LogP contribution in [0, 0.1) is 0 Å². The lowest BCUT2D eigenvalue weighted by atomic mass is 10.2. The minimum absolute atomic E-state index is 0.402. The molecular formula is C16H15N3O4. The highest BCUT2D eigenvalue weighted by molar-refractivity contribution is 5.89. The van der Waals surface area contributed by atoms with Crippen LogP contribution < -0.4 is 9.47 Å². The predicted octanol–water partition coefficient (Wildman–Crippen LogP) is 2.20. The fourth-order valence-electron chi connectivity index (χ4n) is 2.18. The normalized spacial score (nSPS) is 10.6. The van der Waals surface area contributed by atoms with Gasteiger partial charge < -0.3 is 14.2 Å². The van der Waals surface area contributed by atoms with Gasteiger partial charge >= 0.3 is 5.97 Å². The molecule has 7 nitrogen and oxygen atoms in total. The number of nitrogens with zero attached hydrogens (tertiary/aromatic N) is 3. The Morgan fingerprint density at radius 2 is 1.74 bits per heavy atom. The lowest BCUT2D eigenvalue weighted by Crippen LogP contribution is -2.03. The topological polar surface area (TPSA) is 75.0 Å². The Bertz CT molecular complexity index is 851. The van der Waals surface area contributed by atoms with Gasteiger partial charge in [-0.1, -0.05) is 0 Å². The largest absolute Gasteiger partial charge is 0.497 e. The van der Waals surface area contributed by atoms with Gasteiger partial charge in [-0.2, -0.15) is 0 Å². The molecule has 0 bridgehead atoms. The van der Waals surface area contributed by atoms with Gasteiger partial charge in [0, 0.05) is 17.8 Å². The molecule has 0 aliphatic carbocycles. The number of fused-ring (bicyclic) bond motifs is 1. The summed E-state index contributed by atoms with van der Waals surface area (Å²) in [4.78, 5) is 16.0. The number of aromatic nitrogens is 3. The van der Waals surface area contributed by atoms with Crippen LogP contribution in [0.3, 0.4) is 0 Å². The van der Waals surface area contributed by atoms with Crippen LogP contribution in [-0.2, 0) is 4.74 Å². The SMILES string of the molecule is COC(=O)c1ccc2nc(-c3cc(OC)cc(OC)c3)nn2c1. The molecule has 3 rings (SSSR count). The summed E-state index contributed by atoms with van der Waals surface area (Å²) >= 11 is 0. The van der Waals surface area contributed by atoms with E-state index in [1.165, 1.54) is 11.6 Å². The Hall–Kier alpha value is -3.09. The maximum Gasteiger partial charge on any atom is 0.339 e. The minimum atomic E-state index is -0.424. The number of ether oxygens (including phenoxy) is 3. The van der Waals surface area contributed by atoms with Crippen LogP contribution in [0.15, 0.2) is 36.5 Å². The number of esters is 1. The molecule has 1 aromatic carbocycles. The van der Waals surface area contributed by atoms with Crippen LogP contribution in [0.5, 0.6) is 11.5 Å². The Kier molecular flexibility index (Phi) is 3.84. The van der Waals surface area contributed by atoms with Gasteiger partial charge in [0.2, 0.25) is 0 Å². The second-order valence-electron chi connectivity index (χ2n) is 4.75. The lowest BCUT2D eigenvalue weighted by Gasteiger charge is -2.05. The Morgan fingerprint density at radius 1 is 1.04 bits per heavy atom. The molecule has 0 aliphatic rings. The monoisotopic (exact) mass is 313 g/mol. The molecule has 0 N–H and O–H groups in total. The third-order valence-electron chi connectivity index (χ3n) is 3.36. The first-order valence-corrected chi connectivity index (χ1v) is 6.83. The third-order valence-corrected chi connectivity index (χ3v) is 3.36.